The fourth-order valence-electron chi connectivity index (χ4n) is 3.84. The lowest BCUT2D eigenvalue weighted by atomic mass is 10.1. The van der Waals surface area contributed by atoms with Crippen molar-refractivity contribution >= 4 is 21.9 Å². The van der Waals surface area contributed by atoms with Gasteiger partial charge in [0.25, 0.3) is 0 Å². The second-order valence-electron chi connectivity index (χ2n) is 7.11. The molecule has 1 atom stereocenters. The third-order valence-electron chi connectivity index (χ3n) is 5.20. The standard InChI is InChI=1S/C19H28BrFN4/c1-22-19(23-12-15-5-6-17(20)18(21)11-15)25-10-7-16(14-25)13-24-8-3-2-4-9-24/h5-6,11,16H,2-4,7-10,12-14H2,1H3,(H,22,23). The van der Waals surface area contributed by atoms with Crippen molar-refractivity contribution in [1.29, 1.82) is 0 Å². The van der Waals surface area contributed by atoms with Gasteiger partial charge in [0.05, 0.1) is 4.47 Å². The van der Waals surface area contributed by atoms with Gasteiger partial charge in [-0.05, 0) is 71.9 Å². The van der Waals surface area contributed by atoms with Crippen LogP contribution in [-0.2, 0) is 6.54 Å². The Morgan fingerprint density at radius 2 is 2.08 bits per heavy atom. The first-order chi connectivity index (χ1) is 12.2. The van der Waals surface area contributed by atoms with Gasteiger partial charge in [-0.2, -0.15) is 0 Å². The summed E-state index contributed by atoms with van der Waals surface area (Å²) in [6.07, 6.45) is 5.32. The van der Waals surface area contributed by atoms with Crippen molar-refractivity contribution in [3.05, 3.63) is 34.1 Å². The topological polar surface area (TPSA) is 30.9 Å². The summed E-state index contributed by atoms with van der Waals surface area (Å²) in [5.74, 6) is 1.42. The van der Waals surface area contributed by atoms with E-state index in [-0.39, 0.29) is 5.82 Å². The third kappa shape index (κ3) is 5.17. The molecule has 0 bridgehead atoms. The summed E-state index contributed by atoms with van der Waals surface area (Å²) in [6.45, 7) is 6.44. The molecule has 0 aliphatic carbocycles. The largest absolute Gasteiger partial charge is 0.352 e. The van der Waals surface area contributed by atoms with Crippen molar-refractivity contribution in [2.24, 2.45) is 10.9 Å². The van der Waals surface area contributed by atoms with E-state index in [1.54, 1.807) is 12.1 Å². The predicted octanol–water partition coefficient (Wildman–Crippen LogP) is 3.47. The van der Waals surface area contributed by atoms with Gasteiger partial charge in [-0.1, -0.05) is 12.5 Å². The molecule has 25 heavy (non-hydrogen) atoms. The van der Waals surface area contributed by atoms with Crippen LogP contribution in [0.5, 0.6) is 0 Å². The molecular formula is C19H28BrFN4. The highest BCUT2D eigenvalue weighted by molar-refractivity contribution is 9.10. The van der Waals surface area contributed by atoms with Crippen LogP contribution in [0.3, 0.4) is 0 Å². The molecule has 0 amide bonds. The zero-order valence-corrected chi connectivity index (χ0v) is 16.6. The minimum Gasteiger partial charge on any atom is -0.352 e. The predicted molar refractivity (Wildman–Crippen MR) is 104 cm³/mol. The SMILES string of the molecule is CN=C(NCc1ccc(Br)c(F)c1)N1CCC(CN2CCCCC2)C1. The van der Waals surface area contributed by atoms with Gasteiger partial charge in [-0.25, -0.2) is 4.39 Å². The fourth-order valence-corrected chi connectivity index (χ4v) is 4.09. The summed E-state index contributed by atoms with van der Waals surface area (Å²) in [6, 6.07) is 5.24. The maximum Gasteiger partial charge on any atom is 0.193 e. The monoisotopic (exact) mass is 410 g/mol. The Morgan fingerprint density at radius 3 is 2.80 bits per heavy atom. The molecule has 138 valence electrons. The van der Waals surface area contributed by atoms with Crippen LogP contribution in [0.25, 0.3) is 0 Å². The smallest absolute Gasteiger partial charge is 0.193 e. The average molecular weight is 411 g/mol. The molecule has 1 aromatic carbocycles. The minimum atomic E-state index is -0.225. The van der Waals surface area contributed by atoms with Gasteiger partial charge in [0.15, 0.2) is 5.96 Å². The number of halogens is 2. The summed E-state index contributed by atoms with van der Waals surface area (Å²) in [7, 11) is 1.82. The van der Waals surface area contributed by atoms with Gasteiger partial charge < -0.3 is 15.1 Å². The van der Waals surface area contributed by atoms with Crippen LogP contribution in [0.1, 0.15) is 31.2 Å². The van der Waals surface area contributed by atoms with Gasteiger partial charge in [0, 0.05) is 33.2 Å². The van der Waals surface area contributed by atoms with Crippen LogP contribution >= 0.6 is 15.9 Å². The molecule has 2 fully saturated rings. The van der Waals surface area contributed by atoms with Crippen LogP contribution in [0.2, 0.25) is 0 Å². The number of guanidine groups is 1. The second-order valence-corrected chi connectivity index (χ2v) is 7.97. The van der Waals surface area contributed by atoms with Crippen molar-refractivity contribution in [3.63, 3.8) is 0 Å². The van der Waals surface area contributed by atoms with Crippen LogP contribution in [0, 0.1) is 11.7 Å². The molecule has 2 saturated heterocycles. The molecule has 6 heteroatoms. The summed E-state index contributed by atoms with van der Waals surface area (Å²) >= 11 is 3.19. The molecule has 3 rings (SSSR count). The number of nitrogens with zero attached hydrogens (tertiary/aromatic N) is 3. The quantitative estimate of drug-likeness (QED) is 0.608. The van der Waals surface area contributed by atoms with E-state index < -0.39 is 0 Å². The number of benzene rings is 1. The average Bonchev–Trinajstić information content (AvgIpc) is 3.08. The van der Waals surface area contributed by atoms with Gasteiger partial charge in [0.2, 0.25) is 0 Å². The first-order valence-electron chi connectivity index (χ1n) is 9.27. The molecule has 0 saturated carbocycles. The zero-order chi connectivity index (χ0) is 17.6. The number of hydrogen-bond donors (Lipinski definition) is 1. The number of rotatable bonds is 4. The van der Waals surface area contributed by atoms with Crippen LogP contribution in [0.15, 0.2) is 27.7 Å². The van der Waals surface area contributed by atoms with Gasteiger partial charge in [-0.3, -0.25) is 4.99 Å². The molecule has 2 aliphatic heterocycles. The van der Waals surface area contributed by atoms with Crippen LogP contribution in [-0.4, -0.2) is 55.5 Å². The zero-order valence-electron chi connectivity index (χ0n) is 15.0. The Hall–Kier alpha value is -1.14. The first-order valence-corrected chi connectivity index (χ1v) is 10.1. The van der Waals surface area contributed by atoms with Crippen LogP contribution < -0.4 is 5.32 Å². The Kier molecular flexibility index (Phi) is 6.70. The van der Waals surface area contributed by atoms with E-state index in [0.717, 1.165) is 30.5 Å². The highest BCUT2D eigenvalue weighted by atomic mass is 79.9. The van der Waals surface area contributed by atoms with E-state index in [4.69, 9.17) is 0 Å². The molecule has 2 heterocycles. The summed E-state index contributed by atoms with van der Waals surface area (Å²) in [5, 5.41) is 3.38. The van der Waals surface area contributed by atoms with E-state index in [2.05, 4.69) is 36.0 Å². The second kappa shape index (κ2) is 8.99. The molecular weight excluding hydrogens is 383 g/mol. The Morgan fingerprint density at radius 1 is 1.28 bits per heavy atom. The Balaban J connectivity index is 1.49. The van der Waals surface area contributed by atoms with E-state index >= 15 is 0 Å². The summed E-state index contributed by atoms with van der Waals surface area (Å²) in [5.41, 5.74) is 0.922. The lowest BCUT2D eigenvalue weighted by molar-refractivity contribution is 0.198. The van der Waals surface area contributed by atoms with E-state index in [9.17, 15) is 4.39 Å². The van der Waals surface area contributed by atoms with E-state index in [1.807, 2.05) is 13.1 Å². The summed E-state index contributed by atoms with van der Waals surface area (Å²) < 4.78 is 14.1. The maximum atomic E-state index is 13.6. The van der Waals surface area contributed by atoms with Crippen molar-refractivity contribution in [3.8, 4) is 0 Å². The van der Waals surface area contributed by atoms with Crippen molar-refractivity contribution in [2.75, 3.05) is 39.8 Å². The van der Waals surface area contributed by atoms with Crippen molar-refractivity contribution < 1.29 is 4.39 Å². The number of hydrogen-bond acceptors (Lipinski definition) is 2. The van der Waals surface area contributed by atoms with Gasteiger partial charge in [0.1, 0.15) is 5.82 Å². The van der Waals surface area contributed by atoms with Gasteiger partial charge >= 0.3 is 0 Å². The highest BCUT2D eigenvalue weighted by Gasteiger charge is 2.26. The lowest BCUT2D eigenvalue weighted by Gasteiger charge is -2.29. The molecule has 0 spiro atoms. The van der Waals surface area contributed by atoms with E-state index in [1.165, 1.54) is 45.3 Å². The number of likely N-dealkylation sites (tertiary alicyclic amines) is 2. The molecule has 1 unspecified atom stereocenters. The van der Waals surface area contributed by atoms with Crippen molar-refractivity contribution in [1.82, 2.24) is 15.1 Å². The fraction of sp³-hybridized carbons (Fsp3) is 0.632. The van der Waals surface area contributed by atoms with Crippen LogP contribution in [0.4, 0.5) is 4.39 Å². The molecule has 0 radical (unpaired) electrons. The van der Waals surface area contributed by atoms with E-state index in [0.29, 0.717) is 11.0 Å². The third-order valence-corrected chi connectivity index (χ3v) is 5.84. The molecule has 4 nitrogen and oxygen atoms in total. The van der Waals surface area contributed by atoms with Crippen molar-refractivity contribution in [2.45, 2.75) is 32.2 Å². The highest BCUT2D eigenvalue weighted by Crippen LogP contribution is 2.20. The lowest BCUT2D eigenvalue weighted by Crippen LogP contribution is -2.41. The maximum absolute atomic E-state index is 13.6. The first kappa shape index (κ1) is 18.6. The Bertz CT molecular complexity index is 601. The van der Waals surface area contributed by atoms with Gasteiger partial charge in [-0.15, -0.1) is 0 Å². The molecule has 1 N–H and O–H groups in total. The molecule has 0 aromatic heterocycles. The summed E-state index contributed by atoms with van der Waals surface area (Å²) in [4.78, 5) is 9.38. The molecule has 1 aromatic rings. The normalized spacial score (nSPS) is 22.4. The number of piperidine rings is 1. The number of nitrogens with one attached hydrogen (secondary N) is 1. The minimum absolute atomic E-state index is 0.225. The molecule has 2 aliphatic rings. The Labute approximate surface area is 158 Å². The number of aliphatic imine (C=N–C) groups is 1.